The highest BCUT2D eigenvalue weighted by Gasteiger charge is 2.30. The molecule has 2 saturated heterocycles. The van der Waals surface area contributed by atoms with Crippen molar-refractivity contribution in [1.82, 2.24) is 10.2 Å². The molecule has 21 heavy (non-hydrogen) atoms. The summed E-state index contributed by atoms with van der Waals surface area (Å²) in [6, 6.07) is 4.89. The van der Waals surface area contributed by atoms with Crippen LogP contribution in [-0.2, 0) is 0 Å². The predicted octanol–water partition coefficient (Wildman–Crippen LogP) is 3.08. The lowest BCUT2D eigenvalue weighted by Gasteiger charge is -2.35. The second kappa shape index (κ2) is 6.32. The summed E-state index contributed by atoms with van der Waals surface area (Å²) in [7, 11) is 0. The summed E-state index contributed by atoms with van der Waals surface area (Å²) in [4.78, 5) is 14.2. The second-order valence-corrected chi connectivity index (χ2v) is 6.37. The van der Waals surface area contributed by atoms with Crippen molar-refractivity contribution >= 4 is 17.5 Å². The molecule has 2 heterocycles. The fourth-order valence-corrected chi connectivity index (χ4v) is 3.55. The number of rotatable bonds is 2. The van der Waals surface area contributed by atoms with Gasteiger partial charge in [0.25, 0.3) is 5.91 Å². The van der Waals surface area contributed by atoms with Crippen LogP contribution in [0.5, 0.6) is 0 Å². The Morgan fingerprint density at radius 3 is 2.67 bits per heavy atom. The maximum absolute atomic E-state index is 13.5. The molecule has 3 rings (SSSR count). The molecule has 1 amide bonds. The Balaban J connectivity index is 1.60. The monoisotopic (exact) mass is 310 g/mol. The van der Waals surface area contributed by atoms with Gasteiger partial charge >= 0.3 is 0 Å². The van der Waals surface area contributed by atoms with Crippen LogP contribution in [0, 0.1) is 11.7 Å². The van der Waals surface area contributed by atoms with Crippen LogP contribution in [0.25, 0.3) is 0 Å². The molecule has 1 aromatic carbocycles. The normalized spacial score (nSPS) is 23.5. The first-order valence-electron chi connectivity index (χ1n) is 7.63. The number of benzene rings is 1. The maximum atomic E-state index is 13.5. The minimum Gasteiger partial charge on any atom is -0.339 e. The van der Waals surface area contributed by atoms with E-state index in [1.54, 1.807) is 6.07 Å². The van der Waals surface area contributed by atoms with Gasteiger partial charge in [0.05, 0.1) is 5.02 Å². The molecule has 1 N–H and O–H groups in total. The number of halogens is 2. The van der Waals surface area contributed by atoms with E-state index < -0.39 is 5.82 Å². The van der Waals surface area contributed by atoms with Crippen molar-refractivity contribution in [2.45, 2.75) is 31.7 Å². The second-order valence-electron chi connectivity index (χ2n) is 5.96. The summed E-state index contributed by atoms with van der Waals surface area (Å²) in [5.41, 5.74) is 0.384. The van der Waals surface area contributed by atoms with Gasteiger partial charge in [0.2, 0.25) is 0 Å². The third-order valence-electron chi connectivity index (χ3n) is 4.66. The van der Waals surface area contributed by atoms with Gasteiger partial charge in [-0.15, -0.1) is 0 Å². The van der Waals surface area contributed by atoms with E-state index >= 15 is 0 Å². The van der Waals surface area contributed by atoms with Crippen LogP contribution in [0.4, 0.5) is 4.39 Å². The van der Waals surface area contributed by atoms with E-state index in [-0.39, 0.29) is 10.9 Å². The molecule has 0 aromatic heterocycles. The first-order valence-corrected chi connectivity index (χ1v) is 8.00. The Morgan fingerprint density at radius 1 is 1.29 bits per heavy atom. The van der Waals surface area contributed by atoms with Gasteiger partial charge in [-0.25, -0.2) is 4.39 Å². The Bertz CT molecular complexity index is 523. The molecular formula is C16H20ClFN2O. The Labute approximate surface area is 129 Å². The van der Waals surface area contributed by atoms with Crippen LogP contribution >= 0.6 is 11.6 Å². The highest BCUT2D eigenvalue weighted by atomic mass is 35.5. The molecule has 3 nitrogen and oxygen atoms in total. The number of hydrogen-bond acceptors (Lipinski definition) is 2. The summed E-state index contributed by atoms with van der Waals surface area (Å²) in [5, 5.41) is 3.60. The SMILES string of the molecule is O=C(c1ccc(Cl)c(F)c1)N1CCC(C2CCCN2)CC1. The van der Waals surface area contributed by atoms with Crippen molar-refractivity contribution in [2.24, 2.45) is 5.92 Å². The summed E-state index contributed by atoms with van der Waals surface area (Å²) in [5.74, 6) is 0.0365. The quantitative estimate of drug-likeness (QED) is 0.910. The fourth-order valence-electron chi connectivity index (χ4n) is 3.43. The van der Waals surface area contributed by atoms with Crippen molar-refractivity contribution in [1.29, 1.82) is 0 Å². The number of nitrogens with one attached hydrogen (secondary N) is 1. The fraction of sp³-hybridized carbons (Fsp3) is 0.562. The number of piperidine rings is 1. The van der Waals surface area contributed by atoms with Crippen molar-refractivity contribution in [3.05, 3.63) is 34.6 Å². The lowest BCUT2D eigenvalue weighted by atomic mass is 9.88. The molecule has 1 unspecified atom stereocenters. The van der Waals surface area contributed by atoms with Crippen molar-refractivity contribution in [3.8, 4) is 0 Å². The molecule has 2 aliphatic rings. The molecule has 0 aliphatic carbocycles. The lowest BCUT2D eigenvalue weighted by Crippen LogP contribution is -2.43. The smallest absolute Gasteiger partial charge is 0.253 e. The van der Waals surface area contributed by atoms with Gasteiger partial charge in [0, 0.05) is 24.7 Å². The van der Waals surface area contributed by atoms with Crippen LogP contribution < -0.4 is 5.32 Å². The molecule has 0 radical (unpaired) electrons. The zero-order chi connectivity index (χ0) is 14.8. The molecule has 1 atom stereocenters. The highest BCUT2D eigenvalue weighted by molar-refractivity contribution is 6.30. The zero-order valence-corrected chi connectivity index (χ0v) is 12.7. The number of carbonyl (C=O) groups is 1. The largest absolute Gasteiger partial charge is 0.339 e. The van der Waals surface area contributed by atoms with Gasteiger partial charge in [-0.3, -0.25) is 4.79 Å². The minimum atomic E-state index is -0.535. The minimum absolute atomic E-state index is 0.0533. The van der Waals surface area contributed by atoms with E-state index in [0.29, 0.717) is 17.5 Å². The van der Waals surface area contributed by atoms with Gasteiger partial charge < -0.3 is 10.2 Å². The van der Waals surface area contributed by atoms with Crippen molar-refractivity contribution < 1.29 is 9.18 Å². The van der Waals surface area contributed by atoms with E-state index in [1.807, 2.05) is 4.90 Å². The van der Waals surface area contributed by atoms with Gasteiger partial charge in [-0.05, 0) is 56.3 Å². The maximum Gasteiger partial charge on any atom is 0.253 e. The van der Waals surface area contributed by atoms with E-state index in [1.165, 1.54) is 25.0 Å². The third-order valence-corrected chi connectivity index (χ3v) is 4.97. The van der Waals surface area contributed by atoms with E-state index in [4.69, 9.17) is 11.6 Å². The van der Waals surface area contributed by atoms with Gasteiger partial charge in [0.1, 0.15) is 5.82 Å². The van der Waals surface area contributed by atoms with E-state index in [2.05, 4.69) is 5.32 Å². The molecule has 0 saturated carbocycles. The van der Waals surface area contributed by atoms with E-state index in [0.717, 1.165) is 32.5 Å². The topological polar surface area (TPSA) is 32.3 Å². The van der Waals surface area contributed by atoms with Crippen molar-refractivity contribution in [3.63, 3.8) is 0 Å². The Morgan fingerprint density at radius 2 is 2.05 bits per heavy atom. The summed E-state index contributed by atoms with van der Waals surface area (Å²) >= 11 is 5.66. The van der Waals surface area contributed by atoms with Crippen molar-refractivity contribution in [2.75, 3.05) is 19.6 Å². The molecule has 5 heteroatoms. The molecule has 1 aromatic rings. The van der Waals surface area contributed by atoms with Gasteiger partial charge in [-0.1, -0.05) is 11.6 Å². The lowest BCUT2D eigenvalue weighted by molar-refractivity contribution is 0.0674. The molecule has 2 aliphatic heterocycles. The highest BCUT2D eigenvalue weighted by Crippen LogP contribution is 2.26. The Kier molecular flexibility index (Phi) is 4.45. The van der Waals surface area contributed by atoms with Crippen LogP contribution in [0.15, 0.2) is 18.2 Å². The number of likely N-dealkylation sites (tertiary alicyclic amines) is 1. The number of amides is 1. The van der Waals surface area contributed by atoms with E-state index in [9.17, 15) is 9.18 Å². The number of carbonyl (C=O) groups excluding carboxylic acids is 1. The average molecular weight is 311 g/mol. The molecule has 114 valence electrons. The standard InChI is InChI=1S/C16H20ClFN2O/c17-13-4-3-12(10-14(13)18)16(21)20-8-5-11(6-9-20)15-2-1-7-19-15/h3-4,10-11,15,19H,1-2,5-9H2. The summed E-state index contributed by atoms with van der Waals surface area (Å²) < 4.78 is 13.5. The molecule has 0 spiro atoms. The van der Waals surface area contributed by atoms with Crippen LogP contribution in [0.1, 0.15) is 36.0 Å². The number of nitrogens with zero attached hydrogens (tertiary/aromatic N) is 1. The third kappa shape index (κ3) is 3.22. The zero-order valence-electron chi connectivity index (χ0n) is 11.9. The molecular weight excluding hydrogens is 291 g/mol. The van der Waals surface area contributed by atoms with Crippen LogP contribution in [0.3, 0.4) is 0 Å². The predicted molar refractivity (Wildman–Crippen MR) is 81.1 cm³/mol. The molecule has 2 fully saturated rings. The molecule has 0 bridgehead atoms. The van der Waals surface area contributed by atoms with Gasteiger partial charge in [0.15, 0.2) is 0 Å². The number of hydrogen-bond donors (Lipinski definition) is 1. The Hall–Kier alpha value is -1.13. The summed E-state index contributed by atoms with van der Waals surface area (Å²) in [6.45, 7) is 2.63. The van der Waals surface area contributed by atoms with Gasteiger partial charge in [-0.2, -0.15) is 0 Å². The first-order chi connectivity index (χ1) is 10.1. The van der Waals surface area contributed by atoms with Crippen LogP contribution in [0.2, 0.25) is 5.02 Å². The average Bonchev–Trinajstić information content (AvgIpc) is 3.04. The summed E-state index contributed by atoms with van der Waals surface area (Å²) in [6.07, 6.45) is 4.56. The first kappa shape index (κ1) is 14.8. The van der Waals surface area contributed by atoms with Crippen LogP contribution in [-0.4, -0.2) is 36.5 Å².